The van der Waals surface area contributed by atoms with Gasteiger partial charge < -0.3 is 5.32 Å². The first kappa shape index (κ1) is 16.0. The number of nitrogens with one attached hydrogen (secondary N) is 1. The van der Waals surface area contributed by atoms with Crippen molar-refractivity contribution in [3.63, 3.8) is 0 Å². The summed E-state index contributed by atoms with van der Waals surface area (Å²) < 4.78 is 1.48. The molecule has 0 spiro atoms. The molecule has 7 nitrogen and oxygen atoms in total. The van der Waals surface area contributed by atoms with Gasteiger partial charge in [-0.25, -0.2) is 0 Å². The van der Waals surface area contributed by atoms with Gasteiger partial charge in [0.25, 0.3) is 0 Å². The van der Waals surface area contributed by atoms with Crippen molar-refractivity contribution in [3.05, 3.63) is 22.0 Å². The summed E-state index contributed by atoms with van der Waals surface area (Å²) in [7, 11) is 0. The maximum Gasteiger partial charge on any atom is 0.309 e. The zero-order valence-electron chi connectivity index (χ0n) is 13.7. The Labute approximate surface area is 135 Å². The molecule has 1 heterocycles. The fourth-order valence-electron chi connectivity index (χ4n) is 4.36. The van der Waals surface area contributed by atoms with Gasteiger partial charge >= 0.3 is 5.69 Å². The Morgan fingerprint density at radius 1 is 1.52 bits per heavy atom. The van der Waals surface area contributed by atoms with Crippen molar-refractivity contribution in [3.8, 4) is 0 Å². The number of carbonyl (C=O) groups is 1. The van der Waals surface area contributed by atoms with E-state index in [0.717, 1.165) is 11.8 Å². The summed E-state index contributed by atoms with van der Waals surface area (Å²) in [6, 6.07) is 0.214. The Balaban J connectivity index is 1.48. The molecule has 1 aromatic heterocycles. The third-order valence-corrected chi connectivity index (χ3v) is 5.51. The highest BCUT2D eigenvalue weighted by Gasteiger charge is 2.42. The highest BCUT2D eigenvalue weighted by Crippen LogP contribution is 2.49. The maximum atomic E-state index is 12.1. The Hall–Kier alpha value is -1.92. The highest BCUT2D eigenvalue weighted by atomic mass is 16.6. The van der Waals surface area contributed by atoms with Crippen molar-refractivity contribution in [2.45, 2.75) is 58.5 Å². The smallest absolute Gasteiger partial charge is 0.309 e. The van der Waals surface area contributed by atoms with Gasteiger partial charge in [0.2, 0.25) is 5.91 Å². The van der Waals surface area contributed by atoms with E-state index in [2.05, 4.69) is 17.3 Å². The second kappa shape index (κ2) is 6.29. The second-order valence-electron chi connectivity index (χ2n) is 7.06. The summed E-state index contributed by atoms with van der Waals surface area (Å²) in [5.74, 6) is 2.27. The Kier molecular flexibility index (Phi) is 4.37. The molecule has 126 valence electrons. The molecule has 0 radical (unpaired) electrons. The van der Waals surface area contributed by atoms with Gasteiger partial charge in [-0.1, -0.05) is 6.42 Å². The first-order valence-corrected chi connectivity index (χ1v) is 8.42. The van der Waals surface area contributed by atoms with E-state index in [1.165, 1.54) is 36.6 Å². The molecule has 2 saturated carbocycles. The lowest BCUT2D eigenvalue weighted by Gasteiger charge is -2.28. The van der Waals surface area contributed by atoms with Crippen LogP contribution in [0.5, 0.6) is 0 Å². The first-order chi connectivity index (χ1) is 10.9. The second-order valence-corrected chi connectivity index (χ2v) is 7.06. The molecule has 2 aliphatic rings. The summed E-state index contributed by atoms with van der Waals surface area (Å²) in [5.41, 5.74) is 0.381. The zero-order chi connectivity index (χ0) is 16.6. The average Bonchev–Trinajstić information content (AvgIpc) is 3.19. The van der Waals surface area contributed by atoms with E-state index < -0.39 is 4.92 Å². The summed E-state index contributed by atoms with van der Waals surface area (Å²) in [6.45, 7) is 4.07. The fourth-order valence-corrected chi connectivity index (χ4v) is 4.36. The summed E-state index contributed by atoms with van der Waals surface area (Å²) >= 11 is 0. The van der Waals surface area contributed by atoms with E-state index in [-0.39, 0.29) is 17.6 Å². The number of nitro groups is 1. The quantitative estimate of drug-likeness (QED) is 0.644. The summed E-state index contributed by atoms with van der Waals surface area (Å²) in [4.78, 5) is 22.5. The van der Waals surface area contributed by atoms with E-state index in [1.54, 1.807) is 6.92 Å². The zero-order valence-corrected chi connectivity index (χ0v) is 13.7. The van der Waals surface area contributed by atoms with E-state index in [9.17, 15) is 14.9 Å². The summed E-state index contributed by atoms with van der Waals surface area (Å²) in [5, 5.41) is 18.0. The molecule has 2 fully saturated rings. The molecule has 1 N–H and O–H groups in total. The van der Waals surface area contributed by atoms with Crippen molar-refractivity contribution in [2.24, 2.45) is 17.8 Å². The van der Waals surface area contributed by atoms with Crippen LogP contribution in [-0.2, 0) is 11.3 Å². The predicted octanol–water partition coefficient (Wildman–Crippen LogP) is 2.43. The van der Waals surface area contributed by atoms with Gasteiger partial charge in [-0.15, -0.1) is 0 Å². The molecule has 3 rings (SSSR count). The fraction of sp³-hybridized carbons (Fsp3) is 0.750. The first-order valence-electron chi connectivity index (χ1n) is 8.42. The molecule has 1 amide bonds. The number of nitrogens with zero attached hydrogens (tertiary/aromatic N) is 3. The SMILES string of the molecule is Cc1nn(CCC(=O)N[C@H](C)[C@@H]2C[C@H]3CC[C@H]2C3)cc1[N+](=O)[O-]. The molecule has 0 aliphatic heterocycles. The minimum atomic E-state index is -0.448. The van der Waals surface area contributed by atoms with Crippen LogP contribution < -0.4 is 5.32 Å². The number of hydrogen-bond acceptors (Lipinski definition) is 4. The van der Waals surface area contributed by atoms with Gasteiger partial charge in [-0.05, 0) is 50.9 Å². The molecule has 1 aromatic rings. The monoisotopic (exact) mass is 320 g/mol. The van der Waals surface area contributed by atoms with Crippen molar-refractivity contribution >= 4 is 11.6 Å². The van der Waals surface area contributed by atoms with E-state index in [0.29, 0.717) is 24.6 Å². The normalized spacial score (nSPS) is 27.1. The van der Waals surface area contributed by atoms with Crippen molar-refractivity contribution in [2.75, 3.05) is 0 Å². The van der Waals surface area contributed by atoms with E-state index in [1.807, 2.05) is 0 Å². The van der Waals surface area contributed by atoms with Gasteiger partial charge in [0.05, 0.1) is 4.92 Å². The molecule has 2 aliphatic carbocycles. The van der Waals surface area contributed by atoms with Gasteiger partial charge in [0, 0.05) is 19.0 Å². The molecular formula is C16H24N4O3. The van der Waals surface area contributed by atoms with Gasteiger partial charge in [-0.2, -0.15) is 5.10 Å². The Bertz CT molecular complexity index is 612. The standard InChI is InChI=1S/C16H24N4O3/c1-10(14-8-12-3-4-13(14)7-12)17-16(21)5-6-19-9-15(20(22)23)11(2)18-19/h9-10,12-14H,3-8H2,1-2H3,(H,17,21)/t10-,12+,13+,14+/m1/s1. The third kappa shape index (κ3) is 3.38. The average molecular weight is 320 g/mol. The van der Waals surface area contributed by atoms with E-state index >= 15 is 0 Å². The maximum absolute atomic E-state index is 12.1. The molecule has 7 heteroatoms. The van der Waals surface area contributed by atoms with Crippen LogP contribution in [0.2, 0.25) is 0 Å². The van der Waals surface area contributed by atoms with Crippen LogP contribution in [0, 0.1) is 34.8 Å². The van der Waals surface area contributed by atoms with Gasteiger partial charge in [0.15, 0.2) is 0 Å². The van der Waals surface area contributed by atoms with Crippen LogP contribution in [0.1, 0.15) is 44.7 Å². The van der Waals surface area contributed by atoms with Crippen molar-refractivity contribution in [1.29, 1.82) is 0 Å². The topological polar surface area (TPSA) is 90.1 Å². The number of fused-ring (bicyclic) bond motifs is 2. The number of aryl methyl sites for hydroxylation is 2. The molecule has 4 atom stereocenters. The van der Waals surface area contributed by atoms with Crippen LogP contribution >= 0.6 is 0 Å². The molecular weight excluding hydrogens is 296 g/mol. The molecule has 0 aromatic carbocycles. The van der Waals surface area contributed by atoms with Crippen LogP contribution in [0.3, 0.4) is 0 Å². The lowest BCUT2D eigenvalue weighted by Crippen LogP contribution is -2.40. The summed E-state index contributed by atoms with van der Waals surface area (Å²) in [6.07, 6.45) is 6.94. The minimum absolute atomic E-state index is 0.000701. The van der Waals surface area contributed by atoms with Gasteiger partial charge in [-0.3, -0.25) is 19.6 Å². The number of amides is 1. The molecule has 0 unspecified atom stereocenters. The van der Waals surface area contributed by atoms with Crippen LogP contribution in [-0.4, -0.2) is 26.7 Å². The van der Waals surface area contributed by atoms with Crippen LogP contribution in [0.25, 0.3) is 0 Å². The molecule has 0 saturated heterocycles. The number of rotatable bonds is 6. The largest absolute Gasteiger partial charge is 0.353 e. The minimum Gasteiger partial charge on any atom is -0.353 e. The van der Waals surface area contributed by atoms with Crippen molar-refractivity contribution < 1.29 is 9.72 Å². The van der Waals surface area contributed by atoms with Crippen molar-refractivity contribution in [1.82, 2.24) is 15.1 Å². The molecule has 23 heavy (non-hydrogen) atoms. The highest BCUT2D eigenvalue weighted by molar-refractivity contribution is 5.76. The number of carbonyl (C=O) groups excluding carboxylic acids is 1. The number of hydrogen-bond donors (Lipinski definition) is 1. The Morgan fingerprint density at radius 2 is 2.30 bits per heavy atom. The number of aromatic nitrogens is 2. The van der Waals surface area contributed by atoms with E-state index in [4.69, 9.17) is 0 Å². The van der Waals surface area contributed by atoms with Crippen LogP contribution in [0.4, 0.5) is 5.69 Å². The van der Waals surface area contributed by atoms with Crippen LogP contribution in [0.15, 0.2) is 6.20 Å². The van der Waals surface area contributed by atoms with Gasteiger partial charge in [0.1, 0.15) is 11.9 Å². The predicted molar refractivity (Wildman–Crippen MR) is 84.8 cm³/mol. The Morgan fingerprint density at radius 3 is 2.87 bits per heavy atom. The molecule has 2 bridgehead atoms. The lowest BCUT2D eigenvalue weighted by atomic mass is 9.84. The third-order valence-electron chi connectivity index (χ3n) is 5.51. The lowest BCUT2D eigenvalue weighted by molar-refractivity contribution is -0.385.